The number of pyridine rings is 1. The van der Waals surface area contributed by atoms with Crippen LogP contribution in [0.3, 0.4) is 0 Å². The van der Waals surface area contributed by atoms with Gasteiger partial charge < -0.3 is 0 Å². The molecular formula is C50H32N2. The normalized spacial score (nSPS) is 13.8. The fraction of sp³-hybridized carbons (Fsp3) is 0.0200. The standard InChI is InChI=1S/C50H32N2/c1-4-17-36(18-5-1)48-40-23-11-10-16-34(40)32-33-44(51-48)35-28-30-37(31-29-35)49-46-41-24-12-14-26-43(41)50(38-19-6-2-7-20-38,39-21-8-3-9-22-39)47(46)42-25-13-15-27-45(42)52-49/h1-31,33H. The van der Waals surface area contributed by atoms with Gasteiger partial charge in [-0.15, -0.1) is 5.73 Å². The van der Waals surface area contributed by atoms with Gasteiger partial charge >= 0.3 is 0 Å². The lowest BCUT2D eigenvalue weighted by molar-refractivity contribution is 0.775. The zero-order valence-corrected chi connectivity index (χ0v) is 28.4. The Morgan fingerprint density at radius 2 is 1.08 bits per heavy atom. The van der Waals surface area contributed by atoms with E-state index < -0.39 is 5.41 Å². The quantitative estimate of drug-likeness (QED) is 0.180. The van der Waals surface area contributed by atoms with E-state index in [4.69, 9.17) is 9.98 Å². The van der Waals surface area contributed by atoms with E-state index in [9.17, 15) is 0 Å². The van der Waals surface area contributed by atoms with Crippen LogP contribution < -0.4 is 10.4 Å². The first-order valence-corrected chi connectivity index (χ1v) is 17.8. The highest BCUT2D eigenvalue weighted by Crippen LogP contribution is 2.59. The molecule has 2 nitrogen and oxygen atoms in total. The van der Waals surface area contributed by atoms with Crippen LogP contribution >= 0.6 is 0 Å². The molecule has 0 amide bonds. The molecule has 2 heteroatoms. The van der Waals surface area contributed by atoms with Gasteiger partial charge in [-0.2, -0.15) is 0 Å². The number of rotatable bonds is 5. The average Bonchev–Trinajstić information content (AvgIpc) is 3.40. The summed E-state index contributed by atoms with van der Waals surface area (Å²) >= 11 is 0. The van der Waals surface area contributed by atoms with Gasteiger partial charge in [-0.25, -0.2) is 9.98 Å². The predicted molar refractivity (Wildman–Crippen MR) is 214 cm³/mol. The number of allylic oxidation sites excluding steroid dienone is 1. The van der Waals surface area contributed by atoms with Gasteiger partial charge in [0.25, 0.3) is 0 Å². The zero-order chi connectivity index (χ0) is 34.5. The Bertz CT molecular complexity index is 2810. The minimum Gasteiger partial charge on any atom is -0.247 e. The van der Waals surface area contributed by atoms with Crippen molar-refractivity contribution in [3.8, 4) is 22.4 Å². The highest BCUT2D eigenvalue weighted by Gasteiger charge is 2.48. The van der Waals surface area contributed by atoms with E-state index in [1.807, 2.05) is 12.1 Å². The number of aliphatic imine (C=N–C) groups is 1. The summed E-state index contributed by atoms with van der Waals surface area (Å²) in [5.74, 6) is 0. The lowest BCUT2D eigenvalue weighted by atomic mass is 9.67. The van der Waals surface area contributed by atoms with Crippen LogP contribution in [0.25, 0.3) is 44.7 Å². The lowest BCUT2D eigenvalue weighted by Gasteiger charge is -2.34. The van der Waals surface area contributed by atoms with E-state index >= 15 is 0 Å². The maximum absolute atomic E-state index is 5.45. The monoisotopic (exact) mass is 660 g/mol. The Hall–Kier alpha value is -6.86. The molecule has 1 aromatic heterocycles. The van der Waals surface area contributed by atoms with Crippen molar-refractivity contribution in [3.05, 3.63) is 238 Å². The molecule has 1 aliphatic carbocycles. The summed E-state index contributed by atoms with van der Waals surface area (Å²) in [6.07, 6.45) is 2.01. The molecule has 52 heavy (non-hydrogen) atoms. The van der Waals surface area contributed by atoms with E-state index in [-0.39, 0.29) is 0 Å². The smallest absolute Gasteiger partial charge is 0.0794 e. The van der Waals surface area contributed by atoms with Gasteiger partial charge in [-0.1, -0.05) is 176 Å². The first-order valence-electron chi connectivity index (χ1n) is 17.8. The summed E-state index contributed by atoms with van der Waals surface area (Å²) in [7, 11) is 0. The number of hydrogen-bond donors (Lipinski definition) is 0. The Morgan fingerprint density at radius 3 is 1.83 bits per heavy atom. The molecule has 2 aliphatic rings. The number of aromatic nitrogens is 1. The molecule has 0 N–H and O–H groups in total. The molecule has 2 heterocycles. The highest BCUT2D eigenvalue weighted by atomic mass is 14.8. The summed E-state index contributed by atoms with van der Waals surface area (Å²) in [6, 6.07) is 67.0. The summed E-state index contributed by atoms with van der Waals surface area (Å²) in [4.78, 5) is 10.7. The maximum atomic E-state index is 5.45. The first-order chi connectivity index (χ1) is 25.8. The van der Waals surface area contributed by atoms with Crippen molar-refractivity contribution in [3.63, 3.8) is 0 Å². The van der Waals surface area contributed by atoms with Crippen molar-refractivity contribution in [2.45, 2.75) is 5.41 Å². The molecule has 0 atom stereocenters. The van der Waals surface area contributed by atoms with E-state index in [2.05, 4.69) is 188 Å². The predicted octanol–water partition coefficient (Wildman–Crippen LogP) is 9.86. The first kappa shape index (κ1) is 30.0. The Kier molecular flexibility index (Phi) is 7.03. The number of para-hydroxylation sites is 1. The molecule has 0 fully saturated rings. The summed E-state index contributed by atoms with van der Waals surface area (Å²) in [5.41, 5.74) is 17.4. The molecule has 10 rings (SSSR count). The molecule has 0 radical (unpaired) electrons. The largest absolute Gasteiger partial charge is 0.247 e. The topological polar surface area (TPSA) is 25.2 Å². The van der Waals surface area contributed by atoms with E-state index in [0.717, 1.165) is 49.7 Å². The third kappa shape index (κ3) is 4.59. The van der Waals surface area contributed by atoms with Crippen LogP contribution in [0, 0.1) is 0 Å². The van der Waals surface area contributed by atoms with Gasteiger partial charge in [-0.05, 0) is 39.9 Å². The average molecular weight is 661 g/mol. The molecule has 1 aliphatic heterocycles. The Labute approximate surface area is 302 Å². The van der Waals surface area contributed by atoms with Crippen LogP contribution in [0.15, 0.2) is 199 Å². The SMILES string of the molecule is C1=CC(c2ccc(-c3nc4ccccc4c4c3-c3ccccc3C4(c3ccccc3)c3ccccc3)cc2)=NC(c2ccccc2)=c2ccccc2=1. The van der Waals surface area contributed by atoms with Crippen molar-refractivity contribution in [2.75, 3.05) is 0 Å². The Balaban J connectivity index is 1.21. The van der Waals surface area contributed by atoms with Gasteiger partial charge in [0.05, 0.1) is 28.0 Å². The molecule has 8 aromatic rings. The summed E-state index contributed by atoms with van der Waals surface area (Å²) < 4.78 is 0. The van der Waals surface area contributed by atoms with Crippen molar-refractivity contribution >= 4 is 28.0 Å². The molecule has 0 bridgehead atoms. The molecule has 0 unspecified atom stereocenters. The summed E-state index contributed by atoms with van der Waals surface area (Å²) in [6.45, 7) is 0. The second-order valence-electron chi connectivity index (χ2n) is 13.4. The van der Waals surface area contributed by atoms with Gasteiger partial charge in [0.2, 0.25) is 0 Å². The third-order valence-corrected chi connectivity index (χ3v) is 10.6. The maximum Gasteiger partial charge on any atom is 0.0794 e. The third-order valence-electron chi connectivity index (χ3n) is 10.6. The number of nitrogens with zero attached hydrogens (tertiary/aromatic N) is 2. The van der Waals surface area contributed by atoms with Crippen LogP contribution in [-0.4, -0.2) is 10.7 Å². The minimum absolute atomic E-state index is 0.528. The summed E-state index contributed by atoms with van der Waals surface area (Å²) in [5, 5.41) is 3.27. The lowest BCUT2D eigenvalue weighted by Crippen LogP contribution is -2.29. The molecule has 7 aromatic carbocycles. The minimum atomic E-state index is -0.528. The highest BCUT2D eigenvalue weighted by molar-refractivity contribution is 6.12. The van der Waals surface area contributed by atoms with Crippen LogP contribution in [0.5, 0.6) is 0 Å². The molecule has 0 saturated carbocycles. The van der Waals surface area contributed by atoms with Crippen molar-refractivity contribution in [1.82, 2.24) is 4.98 Å². The van der Waals surface area contributed by atoms with Crippen LogP contribution in [0.4, 0.5) is 0 Å². The molecule has 0 spiro atoms. The van der Waals surface area contributed by atoms with Crippen molar-refractivity contribution in [2.24, 2.45) is 4.99 Å². The number of benzene rings is 7. The van der Waals surface area contributed by atoms with Crippen LogP contribution in [-0.2, 0) is 5.41 Å². The molecule has 0 saturated heterocycles. The van der Waals surface area contributed by atoms with Crippen LogP contribution in [0.2, 0.25) is 0 Å². The van der Waals surface area contributed by atoms with Gasteiger partial charge in [0.15, 0.2) is 0 Å². The van der Waals surface area contributed by atoms with Gasteiger partial charge in [0, 0.05) is 44.2 Å². The van der Waals surface area contributed by atoms with E-state index in [1.54, 1.807) is 0 Å². The number of fused-ring (bicyclic) bond motifs is 6. The number of hydrogen-bond acceptors (Lipinski definition) is 2. The second-order valence-corrected chi connectivity index (χ2v) is 13.4. The molecular weight excluding hydrogens is 629 g/mol. The second kappa shape index (κ2) is 12.2. The van der Waals surface area contributed by atoms with Crippen LogP contribution in [0.1, 0.15) is 33.4 Å². The Morgan fingerprint density at radius 1 is 0.481 bits per heavy atom. The zero-order valence-electron chi connectivity index (χ0n) is 28.4. The van der Waals surface area contributed by atoms with Gasteiger partial charge in [-0.3, -0.25) is 0 Å². The fourth-order valence-electron chi connectivity index (χ4n) is 8.32. The van der Waals surface area contributed by atoms with Crippen molar-refractivity contribution < 1.29 is 0 Å². The van der Waals surface area contributed by atoms with Crippen molar-refractivity contribution in [1.29, 1.82) is 0 Å². The fourth-order valence-corrected chi connectivity index (χ4v) is 8.32. The van der Waals surface area contributed by atoms with Gasteiger partial charge in [0.1, 0.15) is 0 Å². The van der Waals surface area contributed by atoms with E-state index in [1.165, 1.54) is 38.8 Å². The molecule has 242 valence electrons. The van der Waals surface area contributed by atoms with E-state index in [0.29, 0.717) is 0 Å².